The van der Waals surface area contributed by atoms with Crippen molar-refractivity contribution in [2.24, 2.45) is 176 Å². The summed E-state index contributed by atoms with van der Waals surface area (Å²) < 4.78 is 0. The highest BCUT2D eigenvalue weighted by atomic mass is 15.3. The number of rotatable bonds is 13. The fourth-order valence-electron chi connectivity index (χ4n) is 40.7. The Morgan fingerprint density at radius 1 is 0.200 bits per heavy atom. The molecule has 120 heavy (non-hydrogen) atoms. The van der Waals surface area contributed by atoms with Crippen LogP contribution in [0.5, 0.6) is 0 Å². The Kier molecular flexibility index (Phi) is 27.0. The summed E-state index contributed by atoms with van der Waals surface area (Å²) in [5, 5.41) is 0. The van der Waals surface area contributed by atoms with Gasteiger partial charge in [-0.25, -0.2) is 0 Å². The predicted octanol–water partition coefficient (Wildman–Crippen LogP) is 32.5. The van der Waals surface area contributed by atoms with E-state index in [1.54, 1.807) is 276 Å². The van der Waals surface area contributed by atoms with Gasteiger partial charge in [0.05, 0.1) is 0 Å². The Morgan fingerprint density at radius 2 is 0.517 bits per heavy atom. The molecule has 0 aromatic heterocycles. The van der Waals surface area contributed by atoms with Gasteiger partial charge in [0.2, 0.25) is 0 Å². The zero-order valence-electron chi connectivity index (χ0n) is 81.7. The fraction of sp³-hybridized carbons (Fsp3) is 1.00. The summed E-state index contributed by atoms with van der Waals surface area (Å²) in [5.41, 5.74) is 1.61. The van der Waals surface area contributed by atoms with Gasteiger partial charge in [-0.05, 0) is 347 Å². The van der Waals surface area contributed by atoms with E-state index in [1.807, 2.05) is 0 Å². The second-order valence-corrected chi connectivity index (χ2v) is 55.6. The predicted molar refractivity (Wildman–Crippen MR) is 511 cm³/mol. The Labute approximate surface area is 745 Å². The zero-order chi connectivity index (χ0) is 82.1. The maximum atomic E-state index is 4.14. The van der Waals surface area contributed by atoms with Crippen LogP contribution in [0.15, 0.2) is 0 Å². The van der Waals surface area contributed by atoms with E-state index in [0.29, 0.717) is 21.7 Å². The molecule has 0 amide bonds. The van der Waals surface area contributed by atoms with Crippen LogP contribution in [0.2, 0.25) is 17.5 Å². The minimum Gasteiger partial charge on any atom is -0.295 e. The lowest BCUT2D eigenvalue weighted by Gasteiger charge is -2.73. The van der Waals surface area contributed by atoms with Crippen LogP contribution in [0.4, 0.5) is 0 Å². The van der Waals surface area contributed by atoms with Crippen molar-refractivity contribution in [1.82, 2.24) is 14.7 Å². The summed E-state index contributed by atoms with van der Waals surface area (Å²) in [5.74, 6) is 27.8. The normalized spacial score (nSPS) is 46.8. The van der Waals surface area contributed by atoms with Crippen LogP contribution in [0, 0.1) is 176 Å². The number of hydrogen-bond acceptors (Lipinski definition) is 3. The first kappa shape index (κ1) is 87.9. The minimum absolute atomic E-state index is 0.374. The van der Waals surface area contributed by atoms with Crippen LogP contribution < -0.4 is 0 Å². The van der Waals surface area contributed by atoms with Crippen LogP contribution in [-0.4, -0.2) is 75.8 Å². The van der Waals surface area contributed by atoms with Gasteiger partial charge in [-0.1, -0.05) is 327 Å². The van der Waals surface area contributed by atoms with Crippen molar-refractivity contribution in [1.29, 1.82) is 0 Å². The number of fused-ring (bicyclic) bond motifs is 4. The monoisotopic (exact) mass is 1640 g/mol. The molecule has 23 unspecified atom stereocenters. The Balaban J connectivity index is 0.794. The van der Waals surface area contributed by atoms with Gasteiger partial charge in [-0.2, -0.15) is 0 Å². The molecule has 20 aliphatic rings. The summed E-state index contributed by atoms with van der Waals surface area (Å²) in [7, 11) is 0. The molecule has 0 spiro atoms. The van der Waals surface area contributed by atoms with Crippen molar-refractivity contribution in [3.63, 3.8) is 0 Å². The zero-order valence-corrected chi connectivity index (χ0v) is 81.7. The van der Waals surface area contributed by atoms with Crippen LogP contribution in [-0.2, 0) is 0 Å². The SMILES string of the molecule is CC(C)(C)C1CC2CCC3CC(C(C)(C)C)CC4C(C5CCC6B7C8CC(C9CCCCC9)CCC8N(C8C(C9CCCCC9)CC(C(C)(C)C)CC8C8CCCCC8)C8CC(N(C9CCC(C%10CCCCC%10)CC9)C9CCC(C%10CCCCC%10)CC9)CC(C78)N(C7C(C8CCCCC8)CC(C(C)(C)C)CC7C7CCCCC7)C6C5)CC(C1)C2C34. The van der Waals surface area contributed by atoms with Gasteiger partial charge in [-0.3, -0.25) is 14.7 Å². The lowest BCUT2D eigenvalue weighted by atomic mass is 9.18. The standard InChI is InChI=1S/C116H198BN3/c1-113(2,3)89-62-86-48-49-87-63-90(114(4,5)6)72-101-96(65-88(64-89)108(86)109(87)101)85-54-60-102-105(67-85)120(112-99(82-44-30-18-31-45-82)70-92(116(10,11)12)71-100(112)83-46-32-19-33-47-83)107-74-95(118(93-56-50-78(51-57-93)75-34-20-13-21-35-75)94-58-52-79(53-59-94)76-36-22-14-23-37-76)73-106-110(107)117(102)103-66-84(77-38-24-15-25-39-77)55-61-104(103)119(106)111-97(80-40-26-16-27-41-80)68-91(115(7,8)9)69-98(111)81-42-28-17-29-43-81/h75-112H,13-74H2,1-12H3. The van der Waals surface area contributed by atoms with Crippen LogP contribution in [0.1, 0.15) is 481 Å². The molecule has 0 radical (unpaired) electrons. The smallest absolute Gasteiger partial charge is 0.156 e. The van der Waals surface area contributed by atoms with Gasteiger partial charge in [0, 0.05) is 54.4 Å². The molecule has 0 bridgehead atoms. The van der Waals surface area contributed by atoms with E-state index < -0.39 is 0 Å². The lowest BCUT2D eigenvalue weighted by molar-refractivity contribution is -0.162. The van der Waals surface area contributed by atoms with Gasteiger partial charge in [0.25, 0.3) is 0 Å². The first-order valence-corrected chi connectivity index (χ1v) is 57.4. The van der Waals surface area contributed by atoms with E-state index in [9.17, 15) is 0 Å². The average Bonchev–Trinajstić information content (AvgIpc) is 0.680. The highest BCUT2D eigenvalue weighted by molar-refractivity contribution is 6.65. The molecule has 2 aliphatic heterocycles. The molecule has 2 saturated heterocycles. The van der Waals surface area contributed by atoms with Crippen molar-refractivity contribution in [2.45, 2.75) is 553 Å². The van der Waals surface area contributed by atoms with Gasteiger partial charge in [0.1, 0.15) is 0 Å². The highest BCUT2D eigenvalue weighted by Crippen LogP contribution is 2.72. The molecular weight excluding hydrogens is 1450 g/mol. The lowest BCUT2D eigenvalue weighted by Crippen LogP contribution is -2.78. The van der Waals surface area contributed by atoms with Crippen LogP contribution in [0.3, 0.4) is 0 Å². The summed E-state index contributed by atoms with van der Waals surface area (Å²) in [6.07, 6.45) is 97.3. The molecule has 23 atom stereocenters. The molecule has 3 nitrogen and oxygen atoms in total. The Bertz CT molecular complexity index is 3120. The highest BCUT2D eigenvalue weighted by Gasteiger charge is 2.71. The Morgan fingerprint density at radius 3 is 0.925 bits per heavy atom. The molecule has 18 saturated carbocycles. The third-order valence-electron chi connectivity index (χ3n) is 46.5. The van der Waals surface area contributed by atoms with Crippen molar-refractivity contribution in [2.75, 3.05) is 0 Å². The molecular formula is C116H198BN3. The molecule has 0 N–H and O–H groups in total. The maximum absolute atomic E-state index is 4.14. The van der Waals surface area contributed by atoms with Crippen molar-refractivity contribution in [3.8, 4) is 0 Å². The van der Waals surface area contributed by atoms with E-state index in [1.165, 1.54) is 122 Å². The van der Waals surface area contributed by atoms with Crippen LogP contribution >= 0.6 is 0 Å². The van der Waals surface area contributed by atoms with E-state index in [4.69, 9.17) is 0 Å². The summed E-state index contributed by atoms with van der Waals surface area (Å²) >= 11 is 0. The summed E-state index contributed by atoms with van der Waals surface area (Å²) in [4.78, 5) is 12.0. The van der Waals surface area contributed by atoms with Crippen LogP contribution in [0.25, 0.3) is 0 Å². The number of hydrogen-bond donors (Lipinski definition) is 0. The summed E-state index contributed by atoms with van der Waals surface area (Å²) in [6, 6.07) is 7.21. The van der Waals surface area contributed by atoms with E-state index >= 15 is 0 Å². The van der Waals surface area contributed by atoms with Gasteiger partial charge in [-0.15, -0.1) is 0 Å². The molecule has 0 aromatic carbocycles. The summed E-state index contributed by atoms with van der Waals surface area (Å²) in [6.45, 7) is 34.2. The maximum Gasteiger partial charge on any atom is 0.156 e. The molecule has 4 heteroatoms. The van der Waals surface area contributed by atoms with Crippen molar-refractivity contribution < 1.29 is 0 Å². The van der Waals surface area contributed by atoms with Crippen molar-refractivity contribution >= 4 is 6.71 Å². The second-order valence-electron chi connectivity index (χ2n) is 55.6. The fourth-order valence-corrected chi connectivity index (χ4v) is 40.7. The first-order valence-electron chi connectivity index (χ1n) is 57.4. The Hall–Kier alpha value is -0.0551. The quantitative estimate of drug-likeness (QED) is 0.170. The third kappa shape index (κ3) is 17.6. The topological polar surface area (TPSA) is 9.72 Å². The second kappa shape index (κ2) is 36.8. The first-order chi connectivity index (χ1) is 58.0. The molecule has 680 valence electrons. The van der Waals surface area contributed by atoms with Gasteiger partial charge < -0.3 is 0 Å². The molecule has 0 aromatic rings. The molecule has 2 heterocycles. The third-order valence-corrected chi connectivity index (χ3v) is 46.5. The number of nitrogens with zero attached hydrogens (tertiary/aromatic N) is 3. The van der Waals surface area contributed by atoms with E-state index in [2.05, 4.69) is 97.8 Å². The largest absolute Gasteiger partial charge is 0.295 e. The van der Waals surface area contributed by atoms with Gasteiger partial charge in [0.15, 0.2) is 6.71 Å². The van der Waals surface area contributed by atoms with E-state index in [-0.39, 0.29) is 0 Å². The average molecular weight is 1650 g/mol. The molecule has 20 rings (SSSR count). The minimum atomic E-state index is 0.374. The van der Waals surface area contributed by atoms with E-state index in [0.717, 1.165) is 232 Å². The molecule has 20 fully saturated rings. The van der Waals surface area contributed by atoms with Gasteiger partial charge >= 0.3 is 0 Å². The molecule has 18 aliphatic carbocycles. The van der Waals surface area contributed by atoms with Crippen molar-refractivity contribution in [3.05, 3.63) is 0 Å².